The molecule has 0 radical (unpaired) electrons. The van der Waals surface area contributed by atoms with Gasteiger partial charge in [0.25, 0.3) is 5.91 Å². The monoisotopic (exact) mass is 566 g/mol. The minimum Gasteiger partial charge on any atom is -0.465 e. The number of hydrogen-bond acceptors (Lipinski definition) is 6. The number of carbonyl (C=O) groups excluding carboxylic acids is 3. The first-order valence-corrected chi connectivity index (χ1v) is 15.0. The number of fused-ring (bicyclic) bond motifs is 1. The van der Waals surface area contributed by atoms with Gasteiger partial charge in [0.05, 0.1) is 18.1 Å². The Morgan fingerprint density at radius 3 is 2.51 bits per heavy atom. The van der Waals surface area contributed by atoms with Crippen LogP contribution in [0.5, 0.6) is 0 Å². The summed E-state index contributed by atoms with van der Waals surface area (Å²) in [5, 5.41) is 9.29. The number of benzene rings is 1. The van der Waals surface area contributed by atoms with Crippen molar-refractivity contribution in [3.05, 3.63) is 54.6 Å². The maximum atomic E-state index is 14.7. The predicted molar refractivity (Wildman–Crippen MR) is 158 cm³/mol. The summed E-state index contributed by atoms with van der Waals surface area (Å²) < 4.78 is 12.5. The van der Waals surface area contributed by atoms with E-state index in [1.165, 1.54) is 0 Å². The third-order valence-corrected chi connectivity index (χ3v) is 9.16. The molecular formula is C33H46N2O6. The van der Waals surface area contributed by atoms with Crippen LogP contribution in [0, 0.1) is 25.7 Å². The summed E-state index contributed by atoms with van der Waals surface area (Å²) in [5.41, 5.74) is 0.730. The van der Waals surface area contributed by atoms with Crippen molar-refractivity contribution in [2.45, 2.75) is 89.4 Å². The molecule has 0 aromatic heterocycles. The van der Waals surface area contributed by atoms with Crippen molar-refractivity contribution in [2.75, 3.05) is 31.2 Å². The highest BCUT2D eigenvalue weighted by Crippen LogP contribution is 2.63. The lowest BCUT2D eigenvalue weighted by Gasteiger charge is -2.37. The third kappa shape index (κ3) is 5.61. The Bertz CT molecular complexity index is 1150. The van der Waals surface area contributed by atoms with Gasteiger partial charge in [-0.3, -0.25) is 14.4 Å². The maximum Gasteiger partial charge on any atom is 0.312 e. The number of esters is 1. The van der Waals surface area contributed by atoms with Gasteiger partial charge >= 0.3 is 5.97 Å². The van der Waals surface area contributed by atoms with Crippen molar-refractivity contribution in [1.29, 1.82) is 0 Å². The van der Waals surface area contributed by atoms with Crippen LogP contribution in [0.15, 0.2) is 43.5 Å². The molecule has 3 fully saturated rings. The number of ether oxygens (including phenoxy) is 2. The number of hydrogen-bond donors (Lipinski definition) is 1. The Morgan fingerprint density at radius 2 is 1.85 bits per heavy atom. The van der Waals surface area contributed by atoms with Crippen molar-refractivity contribution in [2.24, 2.45) is 11.8 Å². The second kappa shape index (κ2) is 12.9. The number of para-hydroxylation sites is 1. The molecule has 0 aliphatic carbocycles. The Morgan fingerprint density at radius 1 is 1.12 bits per heavy atom. The molecule has 4 rings (SSSR count). The molecule has 41 heavy (non-hydrogen) atoms. The number of likely N-dealkylation sites (tertiary alicyclic amines) is 1. The van der Waals surface area contributed by atoms with E-state index in [9.17, 15) is 19.5 Å². The summed E-state index contributed by atoms with van der Waals surface area (Å²) >= 11 is 0. The molecule has 2 bridgehead atoms. The zero-order valence-electron chi connectivity index (χ0n) is 24.9. The van der Waals surface area contributed by atoms with E-state index in [0.717, 1.165) is 42.5 Å². The number of amides is 2. The average molecular weight is 567 g/mol. The molecule has 5 atom stereocenters. The van der Waals surface area contributed by atoms with E-state index in [-0.39, 0.29) is 31.6 Å². The van der Waals surface area contributed by atoms with Crippen molar-refractivity contribution < 1.29 is 29.0 Å². The van der Waals surface area contributed by atoms with Crippen molar-refractivity contribution in [3.8, 4) is 0 Å². The number of rotatable bonds is 15. The number of carbonyl (C=O) groups is 3. The maximum absolute atomic E-state index is 14.7. The zero-order valence-corrected chi connectivity index (χ0v) is 24.9. The largest absolute Gasteiger partial charge is 0.465 e. The molecular weight excluding hydrogens is 520 g/mol. The molecule has 1 N–H and O–H groups in total. The highest BCUT2D eigenvalue weighted by Gasteiger charge is 2.78. The lowest BCUT2D eigenvalue weighted by Crippen LogP contribution is -2.56. The molecule has 8 nitrogen and oxygen atoms in total. The average Bonchev–Trinajstić information content (AvgIpc) is 3.50. The number of nitrogens with zero attached hydrogens (tertiary/aromatic N) is 2. The third-order valence-electron chi connectivity index (χ3n) is 9.16. The fraction of sp³-hybridized carbons (Fsp3) is 0.606. The normalized spacial score (nSPS) is 28.0. The van der Waals surface area contributed by atoms with Gasteiger partial charge in [-0.1, -0.05) is 30.4 Å². The second-order valence-corrected chi connectivity index (χ2v) is 12.0. The fourth-order valence-electron chi connectivity index (χ4n) is 7.33. The van der Waals surface area contributed by atoms with Gasteiger partial charge in [-0.2, -0.15) is 0 Å². The summed E-state index contributed by atoms with van der Waals surface area (Å²) in [7, 11) is 0. The fourth-order valence-corrected chi connectivity index (χ4v) is 7.33. The van der Waals surface area contributed by atoms with Gasteiger partial charge < -0.3 is 24.4 Å². The number of aryl methyl sites for hydroxylation is 2. The highest BCUT2D eigenvalue weighted by molar-refractivity contribution is 6.05. The lowest BCUT2D eigenvalue weighted by atomic mass is 9.66. The summed E-state index contributed by atoms with van der Waals surface area (Å²) in [5.74, 6) is -2.41. The summed E-state index contributed by atoms with van der Waals surface area (Å²) in [6.07, 6.45) is 9.04. The van der Waals surface area contributed by atoms with Crippen molar-refractivity contribution >= 4 is 23.5 Å². The first-order chi connectivity index (χ1) is 19.7. The van der Waals surface area contributed by atoms with Crippen LogP contribution >= 0.6 is 0 Å². The van der Waals surface area contributed by atoms with Gasteiger partial charge in [0, 0.05) is 25.4 Å². The Balaban J connectivity index is 1.71. The van der Waals surface area contributed by atoms with Crippen LogP contribution in [0.4, 0.5) is 5.69 Å². The van der Waals surface area contributed by atoms with Gasteiger partial charge in [-0.05, 0) is 83.3 Å². The van der Waals surface area contributed by atoms with Gasteiger partial charge in [-0.15, -0.1) is 13.2 Å². The molecule has 8 heteroatoms. The molecule has 1 spiro atoms. The molecule has 1 aromatic rings. The molecule has 1 aromatic carbocycles. The van der Waals surface area contributed by atoms with Gasteiger partial charge in [0.1, 0.15) is 17.6 Å². The van der Waals surface area contributed by atoms with Crippen molar-refractivity contribution in [1.82, 2.24) is 4.90 Å². The minimum atomic E-state index is -1.11. The quantitative estimate of drug-likeness (QED) is 0.189. The van der Waals surface area contributed by atoms with Crippen LogP contribution in [-0.2, 0) is 23.9 Å². The molecule has 3 heterocycles. The van der Waals surface area contributed by atoms with Crippen LogP contribution in [-0.4, -0.2) is 71.3 Å². The standard InChI is InChI=1S/C33H46N2O6/c1-6-8-9-13-22-40-31(39)26-25-29(37)35(20-11-10-12-21-36)28(33(25)18-17-32(26,5)41-33)30(38)34(19-7-2)27-23(3)15-14-16-24(27)4/h6-7,14-16,25-26,28,36H,1-2,8-13,17-22H2,3-5H3/t25-,26-,28?,32+,33?/m0/s1. The number of aliphatic hydroxyl groups is 1. The van der Waals surface area contributed by atoms with Crippen LogP contribution in [0.3, 0.4) is 0 Å². The van der Waals surface area contributed by atoms with E-state index in [2.05, 4.69) is 13.2 Å². The summed E-state index contributed by atoms with van der Waals surface area (Å²) in [6, 6.07) is 5.03. The van der Waals surface area contributed by atoms with E-state index in [1.807, 2.05) is 45.0 Å². The highest BCUT2D eigenvalue weighted by atomic mass is 16.6. The second-order valence-electron chi connectivity index (χ2n) is 12.0. The van der Waals surface area contributed by atoms with Gasteiger partial charge in [-0.25, -0.2) is 0 Å². The molecule has 3 aliphatic heterocycles. The summed E-state index contributed by atoms with van der Waals surface area (Å²) in [4.78, 5) is 45.9. The zero-order chi connectivity index (χ0) is 29.8. The first kappa shape index (κ1) is 31.0. The number of unbranched alkanes of at least 4 members (excludes halogenated alkanes) is 4. The molecule has 0 saturated carbocycles. The Hall–Kier alpha value is -2.97. The van der Waals surface area contributed by atoms with E-state index in [1.54, 1.807) is 15.9 Å². The van der Waals surface area contributed by atoms with E-state index in [4.69, 9.17) is 9.47 Å². The van der Waals surface area contributed by atoms with Crippen molar-refractivity contribution in [3.63, 3.8) is 0 Å². The summed E-state index contributed by atoms with van der Waals surface area (Å²) in [6.45, 7) is 14.5. The van der Waals surface area contributed by atoms with E-state index >= 15 is 0 Å². The first-order valence-electron chi connectivity index (χ1n) is 15.0. The molecule has 2 unspecified atom stereocenters. The lowest BCUT2D eigenvalue weighted by molar-refractivity contribution is -0.159. The number of aliphatic hydroxyl groups excluding tert-OH is 1. The molecule has 2 amide bonds. The topological polar surface area (TPSA) is 96.4 Å². The molecule has 224 valence electrons. The Kier molecular flexibility index (Phi) is 9.75. The minimum absolute atomic E-state index is 0.0741. The van der Waals surface area contributed by atoms with Crippen LogP contribution < -0.4 is 4.90 Å². The van der Waals surface area contributed by atoms with E-state index < -0.39 is 35.0 Å². The number of anilines is 1. The predicted octanol–water partition coefficient (Wildman–Crippen LogP) is 4.65. The Labute approximate surface area is 244 Å². The van der Waals surface area contributed by atoms with Crippen LogP contribution in [0.1, 0.15) is 69.4 Å². The van der Waals surface area contributed by atoms with Gasteiger partial charge in [0.15, 0.2) is 0 Å². The van der Waals surface area contributed by atoms with Gasteiger partial charge in [0.2, 0.25) is 5.91 Å². The molecule has 3 saturated heterocycles. The van der Waals surface area contributed by atoms with Crippen LogP contribution in [0.2, 0.25) is 0 Å². The molecule has 3 aliphatic rings. The van der Waals surface area contributed by atoms with E-state index in [0.29, 0.717) is 32.2 Å². The number of allylic oxidation sites excluding steroid dienone is 1. The smallest absolute Gasteiger partial charge is 0.312 e. The SMILES string of the molecule is C=CCCCCOC(=O)[C@@H]1[C@H]2C(=O)N(CCCCCO)C(C(=O)N(CC=C)c3c(C)cccc3C)C23CC[C@@]1(C)O3. The van der Waals surface area contributed by atoms with Crippen LogP contribution in [0.25, 0.3) is 0 Å².